The maximum absolute atomic E-state index is 2.24. The zero-order valence-electron chi connectivity index (χ0n) is 9.66. The van der Waals surface area contributed by atoms with Crippen molar-refractivity contribution in [3.63, 3.8) is 0 Å². The van der Waals surface area contributed by atoms with Crippen molar-refractivity contribution in [1.29, 1.82) is 0 Å². The first-order chi connectivity index (χ1) is 6.04. The summed E-state index contributed by atoms with van der Waals surface area (Å²) in [7, 11) is 4.21. The van der Waals surface area contributed by atoms with E-state index in [0.717, 1.165) is 0 Å². The molecule has 0 saturated carbocycles. The lowest BCUT2D eigenvalue weighted by molar-refractivity contribution is 0.856. The summed E-state index contributed by atoms with van der Waals surface area (Å²) in [6.45, 7) is 6.64. The van der Waals surface area contributed by atoms with Gasteiger partial charge in [-0.25, -0.2) is 0 Å². The van der Waals surface area contributed by atoms with Crippen LogP contribution in [0.3, 0.4) is 0 Å². The fraction of sp³-hybridized carbons (Fsp3) is 0.500. The Morgan fingerprint density at radius 1 is 1.14 bits per heavy atom. The molecule has 0 saturated heterocycles. The van der Waals surface area contributed by atoms with E-state index >= 15 is 0 Å². The Balaban J connectivity index is 0.00000169. The highest BCUT2D eigenvalue weighted by Gasteiger charge is 2.09. The maximum atomic E-state index is 2.24. The molecular weight excluding hydrogens is 194 g/mol. The summed E-state index contributed by atoms with van der Waals surface area (Å²) in [5.41, 5.74) is 4.17. The first-order valence-electron chi connectivity index (χ1n) is 4.81. The predicted octanol–water partition coefficient (Wildman–Crippen LogP) is 3.61. The molecular formula is C12H20ClN. The van der Waals surface area contributed by atoms with Crippen LogP contribution in [-0.2, 0) is 0 Å². The standard InChI is InChI=1S/C12H19N.ClH/c1-9(2)11-8-6-7-10(3)12(11)13(4)5;/h6-9H,1-5H3;1H. The van der Waals surface area contributed by atoms with Crippen LogP contribution in [0, 0.1) is 6.92 Å². The molecule has 0 fully saturated rings. The average molecular weight is 214 g/mol. The van der Waals surface area contributed by atoms with Crippen LogP contribution < -0.4 is 4.90 Å². The summed E-state index contributed by atoms with van der Waals surface area (Å²) in [5.74, 6) is 0.595. The second kappa shape index (κ2) is 5.26. The second-order valence-corrected chi connectivity index (χ2v) is 4.06. The molecule has 1 aromatic rings. The predicted molar refractivity (Wildman–Crippen MR) is 66.8 cm³/mol. The van der Waals surface area contributed by atoms with E-state index in [0.29, 0.717) is 5.92 Å². The molecule has 1 aromatic carbocycles. The van der Waals surface area contributed by atoms with Crippen molar-refractivity contribution in [2.75, 3.05) is 19.0 Å². The zero-order valence-corrected chi connectivity index (χ0v) is 10.5. The van der Waals surface area contributed by atoms with Crippen molar-refractivity contribution >= 4 is 18.1 Å². The number of anilines is 1. The number of rotatable bonds is 2. The molecule has 80 valence electrons. The average Bonchev–Trinajstić information content (AvgIpc) is 2.02. The van der Waals surface area contributed by atoms with Crippen molar-refractivity contribution in [2.45, 2.75) is 26.7 Å². The number of benzene rings is 1. The summed E-state index contributed by atoms with van der Waals surface area (Å²) in [6.07, 6.45) is 0. The minimum Gasteiger partial charge on any atom is -0.377 e. The van der Waals surface area contributed by atoms with Crippen molar-refractivity contribution in [2.24, 2.45) is 0 Å². The van der Waals surface area contributed by atoms with Crippen molar-refractivity contribution in [3.05, 3.63) is 29.3 Å². The van der Waals surface area contributed by atoms with Gasteiger partial charge in [0.15, 0.2) is 0 Å². The number of hydrogen-bond donors (Lipinski definition) is 0. The molecule has 1 nitrogen and oxygen atoms in total. The van der Waals surface area contributed by atoms with Gasteiger partial charge in [0.25, 0.3) is 0 Å². The lowest BCUT2D eigenvalue weighted by atomic mass is 9.98. The van der Waals surface area contributed by atoms with Gasteiger partial charge in [-0.3, -0.25) is 0 Å². The van der Waals surface area contributed by atoms with Gasteiger partial charge in [0.1, 0.15) is 0 Å². The Labute approximate surface area is 93.5 Å². The molecule has 0 unspecified atom stereocenters. The number of aryl methyl sites for hydroxylation is 1. The Morgan fingerprint density at radius 3 is 2.07 bits per heavy atom. The number of nitrogens with zero attached hydrogens (tertiary/aromatic N) is 1. The monoisotopic (exact) mass is 213 g/mol. The van der Waals surface area contributed by atoms with E-state index in [1.165, 1.54) is 16.8 Å². The summed E-state index contributed by atoms with van der Waals surface area (Å²) in [5, 5.41) is 0. The molecule has 0 aliphatic heterocycles. The SMILES string of the molecule is Cc1cccc(C(C)C)c1N(C)C.Cl. The minimum absolute atomic E-state index is 0. The molecule has 0 radical (unpaired) electrons. The molecule has 0 aliphatic carbocycles. The molecule has 2 heteroatoms. The van der Waals surface area contributed by atoms with Gasteiger partial charge in [0.2, 0.25) is 0 Å². The van der Waals surface area contributed by atoms with Gasteiger partial charge in [-0.05, 0) is 24.0 Å². The molecule has 0 N–H and O–H groups in total. The Bertz CT molecular complexity index is 292. The third kappa shape index (κ3) is 2.65. The Kier molecular flexibility index (Phi) is 5.00. The van der Waals surface area contributed by atoms with Crippen LogP contribution >= 0.6 is 12.4 Å². The van der Waals surface area contributed by atoms with E-state index in [9.17, 15) is 0 Å². The molecule has 0 spiro atoms. The van der Waals surface area contributed by atoms with Gasteiger partial charge in [0.05, 0.1) is 0 Å². The summed E-state index contributed by atoms with van der Waals surface area (Å²) < 4.78 is 0. The van der Waals surface area contributed by atoms with E-state index in [2.05, 4.69) is 58.0 Å². The zero-order chi connectivity index (χ0) is 10.0. The number of para-hydroxylation sites is 1. The van der Waals surface area contributed by atoms with Gasteiger partial charge in [-0.1, -0.05) is 32.0 Å². The minimum atomic E-state index is 0. The molecule has 0 amide bonds. The van der Waals surface area contributed by atoms with Crippen LogP contribution in [0.4, 0.5) is 5.69 Å². The van der Waals surface area contributed by atoms with E-state index in [1.54, 1.807) is 0 Å². The van der Waals surface area contributed by atoms with Crippen LogP contribution in [0.2, 0.25) is 0 Å². The molecule has 0 bridgehead atoms. The molecule has 0 atom stereocenters. The summed E-state index contributed by atoms with van der Waals surface area (Å²) in [6, 6.07) is 6.52. The largest absolute Gasteiger partial charge is 0.377 e. The highest BCUT2D eigenvalue weighted by molar-refractivity contribution is 5.85. The van der Waals surface area contributed by atoms with Crippen LogP contribution in [0.1, 0.15) is 30.9 Å². The Hall–Kier alpha value is -0.690. The highest BCUT2D eigenvalue weighted by Crippen LogP contribution is 2.29. The molecule has 0 aliphatic rings. The van der Waals surface area contributed by atoms with E-state index in [4.69, 9.17) is 0 Å². The maximum Gasteiger partial charge on any atom is 0.0425 e. The second-order valence-electron chi connectivity index (χ2n) is 4.06. The van der Waals surface area contributed by atoms with E-state index in [1.807, 2.05) is 0 Å². The van der Waals surface area contributed by atoms with Gasteiger partial charge in [0, 0.05) is 19.8 Å². The van der Waals surface area contributed by atoms with Crippen molar-refractivity contribution < 1.29 is 0 Å². The molecule has 1 rings (SSSR count). The van der Waals surface area contributed by atoms with Crippen molar-refractivity contribution in [3.8, 4) is 0 Å². The summed E-state index contributed by atoms with van der Waals surface area (Å²) >= 11 is 0. The highest BCUT2D eigenvalue weighted by atomic mass is 35.5. The van der Waals surface area contributed by atoms with Crippen LogP contribution in [0.5, 0.6) is 0 Å². The van der Waals surface area contributed by atoms with Crippen LogP contribution in [0.25, 0.3) is 0 Å². The van der Waals surface area contributed by atoms with E-state index < -0.39 is 0 Å². The first-order valence-corrected chi connectivity index (χ1v) is 4.81. The molecule has 0 heterocycles. The van der Waals surface area contributed by atoms with Crippen molar-refractivity contribution in [1.82, 2.24) is 0 Å². The number of hydrogen-bond acceptors (Lipinski definition) is 1. The number of halogens is 1. The van der Waals surface area contributed by atoms with Gasteiger partial charge < -0.3 is 4.90 Å². The molecule has 14 heavy (non-hydrogen) atoms. The normalized spacial score (nSPS) is 9.86. The third-order valence-electron chi connectivity index (χ3n) is 2.34. The lowest BCUT2D eigenvalue weighted by Gasteiger charge is -2.22. The fourth-order valence-corrected chi connectivity index (χ4v) is 1.76. The van der Waals surface area contributed by atoms with Gasteiger partial charge in [-0.15, -0.1) is 12.4 Å². The third-order valence-corrected chi connectivity index (χ3v) is 2.34. The van der Waals surface area contributed by atoms with Gasteiger partial charge >= 0.3 is 0 Å². The quantitative estimate of drug-likeness (QED) is 0.726. The smallest absolute Gasteiger partial charge is 0.0425 e. The van der Waals surface area contributed by atoms with Gasteiger partial charge in [-0.2, -0.15) is 0 Å². The van der Waals surface area contributed by atoms with Crippen LogP contribution in [-0.4, -0.2) is 14.1 Å². The van der Waals surface area contributed by atoms with Crippen LogP contribution in [0.15, 0.2) is 18.2 Å². The molecule has 0 aromatic heterocycles. The lowest BCUT2D eigenvalue weighted by Crippen LogP contribution is -2.13. The Morgan fingerprint density at radius 2 is 1.71 bits per heavy atom. The fourth-order valence-electron chi connectivity index (χ4n) is 1.76. The topological polar surface area (TPSA) is 3.24 Å². The van der Waals surface area contributed by atoms with E-state index in [-0.39, 0.29) is 12.4 Å². The first kappa shape index (κ1) is 13.3. The summed E-state index contributed by atoms with van der Waals surface area (Å²) in [4.78, 5) is 2.20.